The van der Waals surface area contributed by atoms with Crippen LogP contribution < -0.4 is 10.1 Å². The van der Waals surface area contributed by atoms with Crippen LogP contribution in [0.4, 0.5) is 23.2 Å². The number of carbonyl (C=O) groups excluding carboxylic acids is 2. The van der Waals surface area contributed by atoms with Gasteiger partial charge < -0.3 is 24.7 Å². The standard InChI is InChI=1S/C19H19F4NO2.2CH2O/c20-18-11-14(24-13-3-6-15(25)7-4-13)5-10-17(18)12-1-8-16(9-2-12)26-19(21,22)23;2*1-2/h1-2,5,8-11,13,15,24-25H,3-4,6-7H2;2*1H2. The Balaban J connectivity index is 0.00000106. The van der Waals surface area contributed by atoms with Gasteiger partial charge in [-0.05, 0) is 61.6 Å². The van der Waals surface area contributed by atoms with Crippen molar-refractivity contribution >= 4 is 19.3 Å². The molecule has 30 heavy (non-hydrogen) atoms. The van der Waals surface area contributed by atoms with Gasteiger partial charge in [-0.25, -0.2) is 4.39 Å². The zero-order chi connectivity index (χ0) is 22.7. The SMILES string of the molecule is C=O.C=O.OC1CCC(Nc2ccc(-c3ccc(OC(F)(F)F)cc3)c(F)c2)CC1. The van der Waals surface area contributed by atoms with Crippen molar-refractivity contribution in [3.05, 3.63) is 48.3 Å². The Hall–Kier alpha value is -2.94. The van der Waals surface area contributed by atoms with E-state index in [0.717, 1.165) is 37.8 Å². The van der Waals surface area contributed by atoms with Gasteiger partial charge in [0.1, 0.15) is 25.1 Å². The minimum atomic E-state index is -4.75. The van der Waals surface area contributed by atoms with Crippen LogP contribution in [0.5, 0.6) is 5.75 Å². The summed E-state index contributed by atoms with van der Waals surface area (Å²) in [7, 11) is 0. The molecule has 0 amide bonds. The molecule has 0 atom stereocenters. The van der Waals surface area contributed by atoms with E-state index < -0.39 is 12.2 Å². The number of rotatable bonds is 4. The first kappa shape index (κ1) is 25.1. The molecule has 164 valence electrons. The van der Waals surface area contributed by atoms with Crippen LogP contribution in [0.15, 0.2) is 42.5 Å². The van der Waals surface area contributed by atoms with Crippen LogP contribution in [-0.4, -0.2) is 37.2 Å². The summed E-state index contributed by atoms with van der Waals surface area (Å²) in [5.41, 5.74) is 1.40. The number of hydrogen-bond acceptors (Lipinski definition) is 5. The lowest BCUT2D eigenvalue weighted by Crippen LogP contribution is -2.28. The third-order valence-corrected chi connectivity index (χ3v) is 4.44. The molecule has 0 radical (unpaired) electrons. The summed E-state index contributed by atoms with van der Waals surface area (Å²) in [6.45, 7) is 4.00. The molecule has 0 aliphatic heterocycles. The highest BCUT2D eigenvalue weighted by molar-refractivity contribution is 5.67. The Kier molecular flexibility index (Phi) is 9.97. The fourth-order valence-corrected chi connectivity index (χ4v) is 3.13. The van der Waals surface area contributed by atoms with Gasteiger partial charge in [0.2, 0.25) is 0 Å². The van der Waals surface area contributed by atoms with Crippen LogP contribution in [0.3, 0.4) is 0 Å². The maximum atomic E-state index is 14.4. The van der Waals surface area contributed by atoms with E-state index in [0.29, 0.717) is 16.8 Å². The smallest absolute Gasteiger partial charge is 0.406 e. The molecule has 1 aliphatic rings. The summed E-state index contributed by atoms with van der Waals surface area (Å²) in [4.78, 5) is 16.0. The third-order valence-electron chi connectivity index (χ3n) is 4.44. The van der Waals surface area contributed by atoms with Crippen molar-refractivity contribution in [1.82, 2.24) is 0 Å². The topological polar surface area (TPSA) is 75.6 Å². The molecule has 5 nitrogen and oxygen atoms in total. The van der Waals surface area contributed by atoms with Gasteiger partial charge in [-0.3, -0.25) is 0 Å². The molecule has 9 heteroatoms. The normalized spacial score (nSPS) is 18.2. The highest BCUT2D eigenvalue weighted by atomic mass is 19.4. The van der Waals surface area contributed by atoms with Gasteiger partial charge >= 0.3 is 6.36 Å². The Morgan fingerprint density at radius 1 is 0.933 bits per heavy atom. The van der Waals surface area contributed by atoms with E-state index in [4.69, 9.17) is 9.59 Å². The second kappa shape index (κ2) is 11.9. The monoisotopic (exact) mass is 429 g/mol. The van der Waals surface area contributed by atoms with Crippen LogP contribution in [0, 0.1) is 5.82 Å². The fourth-order valence-electron chi connectivity index (χ4n) is 3.13. The summed E-state index contributed by atoms with van der Waals surface area (Å²) in [5, 5.41) is 12.8. The summed E-state index contributed by atoms with van der Waals surface area (Å²) in [6, 6.07) is 9.98. The molecule has 2 aromatic carbocycles. The lowest BCUT2D eigenvalue weighted by molar-refractivity contribution is -0.274. The molecule has 0 saturated heterocycles. The molecule has 2 aromatic rings. The molecule has 2 N–H and O–H groups in total. The molecular weight excluding hydrogens is 406 g/mol. The molecule has 1 aliphatic carbocycles. The average molecular weight is 429 g/mol. The number of alkyl halides is 3. The second-order valence-electron chi connectivity index (χ2n) is 6.42. The summed E-state index contributed by atoms with van der Waals surface area (Å²) in [5.74, 6) is -0.810. The zero-order valence-corrected chi connectivity index (χ0v) is 16.1. The fraction of sp³-hybridized carbons (Fsp3) is 0.333. The van der Waals surface area contributed by atoms with Gasteiger partial charge in [0.05, 0.1) is 6.10 Å². The third kappa shape index (κ3) is 7.82. The van der Waals surface area contributed by atoms with Crippen LogP contribution in [-0.2, 0) is 9.59 Å². The molecule has 0 unspecified atom stereocenters. The largest absolute Gasteiger partial charge is 0.573 e. The van der Waals surface area contributed by atoms with E-state index in [1.807, 2.05) is 13.6 Å². The molecule has 1 saturated carbocycles. The highest BCUT2D eigenvalue weighted by Gasteiger charge is 2.31. The number of carbonyl (C=O) groups is 2. The van der Waals surface area contributed by atoms with Gasteiger partial charge in [0.25, 0.3) is 0 Å². The van der Waals surface area contributed by atoms with Crippen LogP contribution in [0.25, 0.3) is 11.1 Å². The van der Waals surface area contributed by atoms with E-state index in [1.165, 1.54) is 18.2 Å². The Morgan fingerprint density at radius 3 is 2.00 bits per heavy atom. The van der Waals surface area contributed by atoms with Crippen LogP contribution in [0.1, 0.15) is 25.7 Å². The Morgan fingerprint density at radius 2 is 1.50 bits per heavy atom. The first-order chi connectivity index (χ1) is 14.3. The predicted octanol–water partition coefficient (Wildman–Crippen LogP) is 4.74. The van der Waals surface area contributed by atoms with Gasteiger partial charge in [0.15, 0.2) is 0 Å². The van der Waals surface area contributed by atoms with Gasteiger partial charge in [-0.15, -0.1) is 13.2 Å². The van der Waals surface area contributed by atoms with E-state index in [1.54, 1.807) is 12.1 Å². The maximum Gasteiger partial charge on any atom is 0.573 e. The second-order valence-corrected chi connectivity index (χ2v) is 6.42. The van der Waals surface area contributed by atoms with Crippen molar-refractivity contribution in [2.45, 2.75) is 44.2 Å². The van der Waals surface area contributed by atoms with E-state index >= 15 is 0 Å². The first-order valence-corrected chi connectivity index (χ1v) is 8.98. The van der Waals surface area contributed by atoms with Crippen LogP contribution >= 0.6 is 0 Å². The van der Waals surface area contributed by atoms with Crippen molar-refractivity contribution in [3.63, 3.8) is 0 Å². The predicted molar refractivity (Wildman–Crippen MR) is 105 cm³/mol. The molecule has 0 heterocycles. The minimum absolute atomic E-state index is 0.197. The molecule has 1 fully saturated rings. The zero-order valence-electron chi connectivity index (χ0n) is 16.1. The van der Waals surface area contributed by atoms with Crippen molar-refractivity contribution < 1.29 is 37.0 Å². The molecule has 0 aromatic heterocycles. The van der Waals surface area contributed by atoms with Crippen molar-refractivity contribution in [1.29, 1.82) is 0 Å². The van der Waals surface area contributed by atoms with Crippen molar-refractivity contribution in [2.75, 3.05) is 5.32 Å². The number of nitrogens with one attached hydrogen (secondary N) is 1. The Labute approximate surface area is 171 Å². The molecule has 3 rings (SSSR count). The lowest BCUT2D eigenvalue weighted by Gasteiger charge is -2.27. The van der Waals surface area contributed by atoms with E-state index in [2.05, 4.69) is 10.1 Å². The number of hydrogen-bond donors (Lipinski definition) is 2. The van der Waals surface area contributed by atoms with Crippen molar-refractivity contribution in [3.8, 4) is 16.9 Å². The Bertz CT molecular complexity index is 774. The number of benzene rings is 2. The van der Waals surface area contributed by atoms with Crippen molar-refractivity contribution in [2.24, 2.45) is 0 Å². The highest BCUT2D eigenvalue weighted by Crippen LogP contribution is 2.30. The van der Waals surface area contributed by atoms with Gasteiger partial charge in [0, 0.05) is 17.3 Å². The number of anilines is 1. The molecule has 0 spiro atoms. The van der Waals surface area contributed by atoms with Crippen LogP contribution in [0.2, 0.25) is 0 Å². The lowest BCUT2D eigenvalue weighted by atomic mass is 9.93. The van der Waals surface area contributed by atoms with E-state index in [-0.39, 0.29) is 17.9 Å². The minimum Gasteiger partial charge on any atom is -0.406 e. The number of halogens is 4. The molecule has 0 bridgehead atoms. The summed E-state index contributed by atoms with van der Waals surface area (Å²) in [6.07, 6.45) is -1.91. The van der Waals surface area contributed by atoms with Gasteiger partial charge in [-0.2, -0.15) is 0 Å². The maximum absolute atomic E-state index is 14.4. The summed E-state index contributed by atoms with van der Waals surface area (Å²) < 4.78 is 54.8. The number of ether oxygens (including phenoxy) is 1. The first-order valence-electron chi connectivity index (χ1n) is 8.98. The number of aliphatic hydroxyl groups is 1. The molecular formula is C21H23F4NO4. The van der Waals surface area contributed by atoms with Gasteiger partial charge in [-0.1, -0.05) is 12.1 Å². The van der Waals surface area contributed by atoms with E-state index in [9.17, 15) is 22.7 Å². The number of aliphatic hydroxyl groups excluding tert-OH is 1. The summed E-state index contributed by atoms with van der Waals surface area (Å²) >= 11 is 0. The average Bonchev–Trinajstić information content (AvgIpc) is 2.73. The quantitative estimate of drug-likeness (QED) is 0.687.